The summed E-state index contributed by atoms with van der Waals surface area (Å²) in [5.74, 6) is 6.96. The molecule has 0 unspecified atom stereocenters. The molecule has 2 heterocycles. The smallest absolute Gasteiger partial charge is 0.145 e. The molecule has 1 aromatic heterocycles. The lowest BCUT2D eigenvalue weighted by atomic mass is 9.97. The number of hydrogen-bond donors (Lipinski definition) is 2. The van der Waals surface area contributed by atoms with Gasteiger partial charge in [0.2, 0.25) is 0 Å². The molecule has 5 nitrogen and oxygen atoms in total. The second-order valence-electron chi connectivity index (χ2n) is 5.26. The molecule has 1 aliphatic rings. The third-order valence-electron chi connectivity index (χ3n) is 3.75. The zero-order chi connectivity index (χ0) is 13.1. The molecular formula is C13H23N5. The van der Waals surface area contributed by atoms with Crippen molar-refractivity contribution in [3.63, 3.8) is 0 Å². The lowest BCUT2D eigenvalue weighted by Gasteiger charge is -2.38. The summed E-state index contributed by atoms with van der Waals surface area (Å²) in [6, 6.07) is 3.06. The summed E-state index contributed by atoms with van der Waals surface area (Å²) in [6.07, 6.45) is 3.85. The van der Waals surface area contributed by atoms with Crippen molar-refractivity contribution in [1.82, 2.24) is 14.9 Å². The van der Waals surface area contributed by atoms with Crippen molar-refractivity contribution < 1.29 is 0 Å². The van der Waals surface area contributed by atoms with Gasteiger partial charge in [-0.2, -0.15) is 0 Å². The van der Waals surface area contributed by atoms with Gasteiger partial charge in [-0.05, 0) is 33.6 Å². The standard InChI is InChI=1S/C13H23N5/c1-9-7-12(17-14)16-13(15-9)8-18-10(2)5-4-6-11(18)3/h7,10-11H,4-6,8,14H2,1-3H3,(H,15,16,17)/t10-,11+. The number of hydrogen-bond acceptors (Lipinski definition) is 5. The SMILES string of the molecule is Cc1cc(NN)nc(CN2[C@H](C)CCC[C@@H]2C)n1. The van der Waals surface area contributed by atoms with E-state index in [1.807, 2.05) is 13.0 Å². The van der Waals surface area contributed by atoms with E-state index in [4.69, 9.17) is 5.84 Å². The van der Waals surface area contributed by atoms with E-state index in [2.05, 4.69) is 34.1 Å². The van der Waals surface area contributed by atoms with Crippen molar-refractivity contribution in [3.05, 3.63) is 17.6 Å². The molecular weight excluding hydrogens is 226 g/mol. The molecule has 0 bridgehead atoms. The topological polar surface area (TPSA) is 67.1 Å². The maximum Gasteiger partial charge on any atom is 0.145 e. The van der Waals surface area contributed by atoms with Crippen LogP contribution in [-0.4, -0.2) is 27.0 Å². The second kappa shape index (κ2) is 5.63. The zero-order valence-electron chi connectivity index (χ0n) is 11.5. The largest absolute Gasteiger partial charge is 0.308 e. The van der Waals surface area contributed by atoms with Crippen LogP contribution in [0.15, 0.2) is 6.07 Å². The molecule has 2 atom stereocenters. The maximum atomic E-state index is 5.42. The summed E-state index contributed by atoms with van der Waals surface area (Å²) in [7, 11) is 0. The predicted octanol–water partition coefficient (Wildman–Crippen LogP) is 1.83. The summed E-state index contributed by atoms with van der Waals surface area (Å²) in [6.45, 7) is 7.34. The fourth-order valence-electron chi connectivity index (χ4n) is 2.72. The number of likely N-dealkylation sites (tertiary alicyclic amines) is 1. The van der Waals surface area contributed by atoms with E-state index in [0.717, 1.165) is 18.1 Å². The Kier molecular flexibility index (Phi) is 4.14. The summed E-state index contributed by atoms with van der Waals surface area (Å²) >= 11 is 0. The average Bonchev–Trinajstić information content (AvgIpc) is 2.33. The van der Waals surface area contributed by atoms with Gasteiger partial charge in [0.05, 0.1) is 6.54 Å². The normalized spacial score (nSPS) is 25.1. The summed E-state index contributed by atoms with van der Waals surface area (Å²) in [4.78, 5) is 11.4. The second-order valence-corrected chi connectivity index (χ2v) is 5.26. The number of nitrogens with zero attached hydrogens (tertiary/aromatic N) is 3. The number of aromatic nitrogens is 2. The van der Waals surface area contributed by atoms with Crippen LogP contribution in [0.3, 0.4) is 0 Å². The van der Waals surface area contributed by atoms with Gasteiger partial charge in [-0.3, -0.25) is 4.90 Å². The lowest BCUT2D eigenvalue weighted by Crippen LogP contribution is -2.43. The van der Waals surface area contributed by atoms with Crippen LogP contribution in [0.1, 0.15) is 44.6 Å². The molecule has 0 amide bonds. The van der Waals surface area contributed by atoms with Gasteiger partial charge in [0.25, 0.3) is 0 Å². The number of piperidine rings is 1. The van der Waals surface area contributed by atoms with Gasteiger partial charge in [-0.1, -0.05) is 6.42 Å². The Morgan fingerprint density at radius 2 is 2.00 bits per heavy atom. The minimum Gasteiger partial charge on any atom is -0.308 e. The highest BCUT2D eigenvalue weighted by molar-refractivity contribution is 5.33. The van der Waals surface area contributed by atoms with Crippen LogP contribution in [0.25, 0.3) is 0 Å². The first-order chi connectivity index (χ1) is 8.60. The van der Waals surface area contributed by atoms with Crippen LogP contribution in [0, 0.1) is 6.92 Å². The molecule has 3 N–H and O–H groups in total. The number of anilines is 1. The first-order valence-electron chi connectivity index (χ1n) is 6.67. The number of aryl methyl sites for hydroxylation is 1. The first kappa shape index (κ1) is 13.2. The van der Waals surface area contributed by atoms with Gasteiger partial charge in [-0.25, -0.2) is 15.8 Å². The van der Waals surface area contributed by atoms with E-state index in [-0.39, 0.29) is 0 Å². The average molecular weight is 249 g/mol. The number of nitrogen functional groups attached to an aromatic ring is 1. The molecule has 2 rings (SSSR count). The van der Waals surface area contributed by atoms with Crippen molar-refractivity contribution in [1.29, 1.82) is 0 Å². The van der Waals surface area contributed by atoms with E-state index in [9.17, 15) is 0 Å². The van der Waals surface area contributed by atoms with Gasteiger partial charge in [0.1, 0.15) is 11.6 Å². The van der Waals surface area contributed by atoms with Crippen molar-refractivity contribution in [3.8, 4) is 0 Å². The molecule has 1 saturated heterocycles. The molecule has 5 heteroatoms. The lowest BCUT2D eigenvalue weighted by molar-refractivity contribution is 0.0922. The summed E-state index contributed by atoms with van der Waals surface area (Å²) < 4.78 is 0. The number of rotatable bonds is 3. The number of nitrogens with one attached hydrogen (secondary N) is 1. The molecule has 0 aliphatic carbocycles. The third kappa shape index (κ3) is 2.97. The van der Waals surface area contributed by atoms with Crippen LogP contribution in [0.5, 0.6) is 0 Å². The van der Waals surface area contributed by atoms with Gasteiger partial charge < -0.3 is 5.43 Å². The Morgan fingerprint density at radius 3 is 2.61 bits per heavy atom. The zero-order valence-corrected chi connectivity index (χ0v) is 11.5. The van der Waals surface area contributed by atoms with Crippen LogP contribution in [0.2, 0.25) is 0 Å². The fraction of sp³-hybridized carbons (Fsp3) is 0.692. The van der Waals surface area contributed by atoms with Crippen LogP contribution < -0.4 is 11.3 Å². The number of nitrogens with two attached hydrogens (primary N) is 1. The summed E-state index contributed by atoms with van der Waals surface area (Å²) in [5, 5.41) is 0. The molecule has 0 aromatic carbocycles. The monoisotopic (exact) mass is 249 g/mol. The molecule has 0 saturated carbocycles. The van der Waals surface area contributed by atoms with Gasteiger partial charge in [0.15, 0.2) is 0 Å². The van der Waals surface area contributed by atoms with Crippen molar-refractivity contribution in [2.75, 3.05) is 5.43 Å². The molecule has 100 valence electrons. The highest BCUT2D eigenvalue weighted by Crippen LogP contribution is 2.24. The molecule has 0 spiro atoms. The Labute approximate surface area is 109 Å². The van der Waals surface area contributed by atoms with E-state index < -0.39 is 0 Å². The third-order valence-corrected chi connectivity index (χ3v) is 3.75. The highest BCUT2D eigenvalue weighted by Gasteiger charge is 2.25. The van der Waals surface area contributed by atoms with E-state index >= 15 is 0 Å². The first-order valence-corrected chi connectivity index (χ1v) is 6.67. The van der Waals surface area contributed by atoms with Crippen LogP contribution in [-0.2, 0) is 6.54 Å². The van der Waals surface area contributed by atoms with Gasteiger partial charge in [-0.15, -0.1) is 0 Å². The van der Waals surface area contributed by atoms with E-state index in [1.165, 1.54) is 19.3 Å². The highest BCUT2D eigenvalue weighted by atomic mass is 15.3. The van der Waals surface area contributed by atoms with Crippen molar-refractivity contribution in [2.24, 2.45) is 5.84 Å². The molecule has 1 fully saturated rings. The number of hydrazine groups is 1. The fourth-order valence-corrected chi connectivity index (χ4v) is 2.72. The van der Waals surface area contributed by atoms with E-state index in [0.29, 0.717) is 17.9 Å². The molecule has 1 aliphatic heterocycles. The molecule has 1 aromatic rings. The predicted molar refractivity (Wildman–Crippen MR) is 72.9 cm³/mol. The van der Waals surface area contributed by atoms with Crippen LogP contribution >= 0.6 is 0 Å². The Balaban J connectivity index is 2.14. The van der Waals surface area contributed by atoms with E-state index in [1.54, 1.807) is 0 Å². The van der Waals surface area contributed by atoms with Crippen molar-refractivity contribution in [2.45, 2.75) is 58.7 Å². The van der Waals surface area contributed by atoms with Gasteiger partial charge >= 0.3 is 0 Å². The molecule has 18 heavy (non-hydrogen) atoms. The quantitative estimate of drug-likeness (QED) is 0.632. The minimum absolute atomic E-state index is 0.604. The van der Waals surface area contributed by atoms with Gasteiger partial charge in [0, 0.05) is 23.8 Å². The Morgan fingerprint density at radius 1 is 1.33 bits per heavy atom. The minimum atomic E-state index is 0.604. The Bertz CT molecular complexity index is 396. The van der Waals surface area contributed by atoms with Crippen molar-refractivity contribution >= 4 is 5.82 Å². The maximum absolute atomic E-state index is 5.42. The summed E-state index contributed by atoms with van der Waals surface area (Å²) in [5.41, 5.74) is 3.55. The van der Waals surface area contributed by atoms with Crippen LogP contribution in [0.4, 0.5) is 5.82 Å². The molecule has 0 radical (unpaired) electrons. The Hall–Kier alpha value is -1.20.